The Labute approximate surface area is 126 Å². The minimum atomic E-state index is -0.543. The molecule has 0 aromatic heterocycles. The van der Waals surface area contributed by atoms with Gasteiger partial charge in [0.1, 0.15) is 5.25 Å². The van der Waals surface area contributed by atoms with Crippen LogP contribution in [-0.2, 0) is 14.3 Å². The van der Waals surface area contributed by atoms with Gasteiger partial charge in [0.25, 0.3) is 0 Å². The van der Waals surface area contributed by atoms with Crippen LogP contribution >= 0.6 is 11.8 Å². The molecule has 0 spiro atoms. The van der Waals surface area contributed by atoms with E-state index in [4.69, 9.17) is 4.74 Å². The van der Waals surface area contributed by atoms with Gasteiger partial charge in [0, 0.05) is 11.6 Å². The highest BCUT2D eigenvalue weighted by atomic mass is 32.2. The van der Waals surface area contributed by atoms with Crippen molar-refractivity contribution in [3.05, 3.63) is 47.0 Å². The Morgan fingerprint density at radius 3 is 2.71 bits per heavy atom. The van der Waals surface area contributed by atoms with Gasteiger partial charge in [-0.3, -0.25) is 14.4 Å². The van der Waals surface area contributed by atoms with E-state index in [9.17, 15) is 14.4 Å². The molecule has 5 nitrogen and oxygen atoms in total. The Kier molecular flexibility index (Phi) is 5.16. The molecule has 1 saturated heterocycles. The fraction of sp³-hybridized carbons (Fsp3) is 0.267. The Morgan fingerprint density at radius 1 is 1.33 bits per heavy atom. The molecule has 0 radical (unpaired) electrons. The molecule has 1 fully saturated rings. The Bertz CT molecular complexity index is 583. The molecular weight excluding hydrogens is 290 g/mol. The molecule has 2 rings (SSSR count). The van der Waals surface area contributed by atoms with Crippen LogP contribution in [-0.4, -0.2) is 29.5 Å². The maximum Gasteiger partial charge on any atom is 0.307 e. The lowest BCUT2D eigenvalue weighted by Crippen LogP contribution is -2.25. The summed E-state index contributed by atoms with van der Waals surface area (Å²) in [5.41, 5.74) is 0.550. The van der Waals surface area contributed by atoms with E-state index in [1.54, 1.807) is 31.2 Å². The van der Waals surface area contributed by atoms with Crippen molar-refractivity contribution in [3.63, 3.8) is 0 Å². The fourth-order valence-electron chi connectivity index (χ4n) is 1.82. The van der Waals surface area contributed by atoms with Gasteiger partial charge in [0.2, 0.25) is 5.91 Å². The van der Waals surface area contributed by atoms with Crippen molar-refractivity contribution in [2.45, 2.75) is 18.6 Å². The van der Waals surface area contributed by atoms with Crippen molar-refractivity contribution >= 4 is 29.4 Å². The second-order valence-corrected chi connectivity index (χ2v) is 5.59. The number of carbonyl (C=O) groups excluding carboxylic acids is 3. The molecule has 1 heterocycles. The van der Waals surface area contributed by atoms with Crippen LogP contribution in [0.3, 0.4) is 0 Å². The van der Waals surface area contributed by atoms with Crippen LogP contribution < -0.4 is 5.32 Å². The van der Waals surface area contributed by atoms with Gasteiger partial charge in [-0.1, -0.05) is 42.1 Å². The molecule has 1 amide bonds. The number of carbonyl (C=O) groups is 3. The number of ether oxygens (including phenoxy) is 1. The first-order valence-electron chi connectivity index (χ1n) is 6.54. The standard InChI is InChI=1S/C15H15NO4S/c1-2-20-14(18)9-12-15(19)16-13(21-12)8-11(17)10-6-4-3-5-7-10/h3-8,12H,2,9H2,1H3,(H,16,19)/b13-8+. The maximum absolute atomic E-state index is 12.0. The molecule has 6 heteroatoms. The van der Waals surface area contributed by atoms with Crippen molar-refractivity contribution in [2.75, 3.05) is 6.61 Å². The third kappa shape index (κ3) is 4.19. The van der Waals surface area contributed by atoms with E-state index in [0.29, 0.717) is 10.6 Å². The van der Waals surface area contributed by atoms with E-state index in [2.05, 4.69) is 5.32 Å². The first-order valence-corrected chi connectivity index (χ1v) is 7.42. The highest BCUT2D eigenvalue weighted by molar-refractivity contribution is 8.04. The molecule has 1 unspecified atom stereocenters. The summed E-state index contributed by atoms with van der Waals surface area (Å²) in [4.78, 5) is 35.1. The highest BCUT2D eigenvalue weighted by Crippen LogP contribution is 2.29. The number of nitrogens with one attached hydrogen (secondary N) is 1. The lowest BCUT2D eigenvalue weighted by Gasteiger charge is -2.04. The summed E-state index contributed by atoms with van der Waals surface area (Å²) >= 11 is 1.17. The summed E-state index contributed by atoms with van der Waals surface area (Å²) in [5, 5.41) is 2.53. The monoisotopic (exact) mass is 305 g/mol. The van der Waals surface area contributed by atoms with Gasteiger partial charge in [-0.25, -0.2) is 0 Å². The third-order valence-corrected chi connectivity index (χ3v) is 3.93. The first kappa shape index (κ1) is 15.3. The lowest BCUT2D eigenvalue weighted by atomic mass is 10.1. The second-order valence-electron chi connectivity index (χ2n) is 4.34. The zero-order chi connectivity index (χ0) is 15.2. The van der Waals surface area contributed by atoms with Crippen molar-refractivity contribution in [3.8, 4) is 0 Å². The molecular formula is C15H15NO4S. The number of hydrogen-bond donors (Lipinski definition) is 1. The maximum atomic E-state index is 12.0. The normalized spacial score (nSPS) is 19.4. The van der Waals surface area contributed by atoms with Crippen molar-refractivity contribution in [2.24, 2.45) is 0 Å². The predicted molar refractivity (Wildman–Crippen MR) is 79.6 cm³/mol. The van der Waals surface area contributed by atoms with Gasteiger partial charge < -0.3 is 10.1 Å². The summed E-state index contributed by atoms with van der Waals surface area (Å²) < 4.78 is 4.82. The minimum Gasteiger partial charge on any atom is -0.466 e. The van der Waals surface area contributed by atoms with Gasteiger partial charge in [0.05, 0.1) is 18.1 Å². The van der Waals surface area contributed by atoms with Gasteiger partial charge in [-0.15, -0.1) is 0 Å². The van der Waals surface area contributed by atoms with E-state index >= 15 is 0 Å². The molecule has 1 aliphatic rings. The fourth-order valence-corrected chi connectivity index (χ4v) is 2.85. The van der Waals surface area contributed by atoms with Crippen LogP contribution in [0.1, 0.15) is 23.7 Å². The Balaban J connectivity index is 2.00. The van der Waals surface area contributed by atoms with Crippen molar-refractivity contribution in [1.82, 2.24) is 5.32 Å². The van der Waals surface area contributed by atoms with E-state index < -0.39 is 11.2 Å². The summed E-state index contributed by atoms with van der Waals surface area (Å²) in [6.45, 7) is 2.00. The number of esters is 1. The van der Waals surface area contributed by atoms with Gasteiger partial charge in [-0.05, 0) is 6.92 Å². The van der Waals surface area contributed by atoms with E-state index in [-0.39, 0.29) is 24.7 Å². The highest BCUT2D eigenvalue weighted by Gasteiger charge is 2.31. The van der Waals surface area contributed by atoms with Crippen LogP contribution in [0.15, 0.2) is 41.4 Å². The Morgan fingerprint density at radius 2 is 2.05 bits per heavy atom. The molecule has 110 valence electrons. The van der Waals surface area contributed by atoms with Gasteiger partial charge >= 0.3 is 5.97 Å². The molecule has 1 atom stereocenters. The summed E-state index contributed by atoms with van der Waals surface area (Å²) in [6, 6.07) is 8.78. The number of ketones is 1. The molecule has 0 aliphatic carbocycles. The first-order chi connectivity index (χ1) is 10.1. The van der Waals surface area contributed by atoms with Gasteiger partial charge in [-0.2, -0.15) is 0 Å². The topological polar surface area (TPSA) is 72.5 Å². The van der Waals surface area contributed by atoms with Crippen LogP contribution in [0.2, 0.25) is 0 Å². The number of thioether (sulfide) groups is 1. The number of allylic oxidation sites excluding steroid dienone is 1. The van der Waals surface area contributed by atoms with Crippen molar-refractivity contribution in [1.29, 1.82) is 0 Å². The second kappa shape index (κ2) is 7.08. The minimum absolute atomic E-state index is 0.00120. The van der Waals surface area contributed by atoms with Crippen LogP contribution in [0.4, 0.5) is 0 Å². The van der Waals surface area contributed by atoms with Crippen molar-refractivity contribution < 1.29 is 19.1 Å². The molecule has 1 aromatic rings. The zero-order valence-electron chi connectivity index (χ0n) is 11.5. The van der Waals surface area contributed by atoms with Crippen LogP contribution in [0.5, 0.6) is 0 Å². The number of benzene rings is 1. The van der Waals surface area contributed by atoms with Gasteiger partial charge in [0.15, 0.2) is 5.78 Å². The molecule has 1 aromatic carbocycles. The number of amides is 1. The largest absolute Gasteiger partial charge is 0.466 e. The number of hydrogen-bond acceptors (Lipinski definition) is 5. The third-order valence-electron chi connectivity index (χ3n) is 2.79. The SMILES string of the molecule is CCOC(=O)CC1S/C(=C/C(=O)c2ccccc2)NC1=O. The quantitative estimate of drug-likeness (QED) is 0.511. The Hall–Kier alpha value is -2.08. The van der Waals surface area contributed by atoms with E-state index in [0.717, 1.165) is 0 Å². The van der Waals surface area contributed by atoms with E-state index in [1.807, 2.05) is 6.07 Å². The molecule has 21 heavy (non-hydrogen) atoms. The summed E-state index contributed by atoms with van der Waals surface area (Å²) in [5.74, 6) is -0.879. The predicted octanol–water partition coefficient (Wildman–Crippen LogP) is 1.90. The molecule has 1 N–H and O–H groups in total. The van der Waals surface area contributed by atoms with E-state index in [1.165, 1.54) is 17.8 Å². The summed E-state index contributed by atoms with van der Waals surface area (Å²) in [6.07, 6.45) is 1.38. The zero-order valence-corrected chi connectivity index (χ0v) is 12.3. The smallest absolute Gasteiger partial charge is 0.307 e. The summed E-state index contributed by atoms with van der Waals surface area (Å²) in [7, 11) is 0. The van der Waals surface area contributed by atoms with Crippen LogP contribution in [0.25, 0.3) is 0 Å². The average molecular weight is 305 g/mol. The molecule has 0 saturated carbocycles. The average Bonchev–Trinajstić information content (AvgIpc) is 2.80. The lowest BCUT2D eigenvalue weighted by molar-refractivity contribution is -0.144. The molecule has 0 bridgehead atoms. The van der Waals surface area contributed by atoms with Crippen LogP contribution in [0, 0.1) is 0 Å². The number of rotatable bonds is 5. The molecule has 1 aliphatic heterocycles.